The number of benzene rings is 1. The molecule has 0 aromatic heterocycles. The summed E-state index contributed by atoms with van der Waals surface area (Å²) in [6.07, 6.45) is 0.472. The van der Waals surface area contributed by atoms with E-state index in [0.717, 1.165) is 0 Å². The van der Waals surface area contributed by atoms with E-state index in [1.54, 1.807) is 0 Å². The van der Waals surface area contributed by atoms with Crippen LogP contribution >= 0.6 is 0 Å². The van der Waals surface area contributed by atoms with Crippen LogP contribution in [0.4, 0.5) is 0 Å². The van der Waals surface area contributed by atoms with Crippen molar-refractivity contribution in [2.45, 2.75) is 32.8 Å². The van der Waals surface area contributed by atoms with E-state index in [2.05, 4.69) is 0 Å². The fraction of sp³-hybridized carbons (Fsp3) is 0.500. The third kappa shape index (κ3) is 3.07. The Balaban J connectivity index is 3.19. The van der Waals surface area contributed by atoms with Gasteiger partial charge in [0, 0.05) is 6.61 Å². The highest BCUT2D eigenvalue weighted by atomic mass is 16.5. The summed E-state index contributed by atoms with van der Waals surface area (Å²) in [6, 6.07) is 9.18. The van der Waals surface area contributed by atoms with Crippen LogP contribution in [-0.4, -0.2) is 17.7 Å². The van der Waals surface area contributed by atoms with Crippen molar-refractivity contribution in [3.8, 4) is 0 Å². The summed E-state index contributed by atoms with van der Waals surface area (Å²) >= 11 is 0. The van der Waals surface area contributed by atoms with Gasteiger partial charge < -0.3 is 9.84 Å². The van der Waals surface area contributed by atoms with Crippen molar-refractivity contribution in [2.75, 3.05) is 6.61 Å². The van der Waals surface area contributed by atoms with Gasteiger partial charge in [0.05, 0.1) is 0 Å². The van der Waals surface area contributed by atoms with Crippen LogP contribution in [0.1, 0.15) is 32.8 Å². The van der Waals surface area contributed by atoms with Crippen LogP contribution < -0.4 is 0 Å². The van der Waals surface area contributed by atoms with Gasteiger partial charge in [0.15, 0.2) is 5.60 Å². The molecule has 0 saturated carbocycles. The number of carbonyl (C=O) groups is 1. The van der Waals surface area contributed by atoms with Gasteiger partial charge in [0.2, 0.25) is 0 Å². The van der Waals surface area contributed by atoms with Crippen LogP contribution in [0.2, 0.25) is 0 Å². The Bertz CT molecular complexity index is 359. The van der Waals surface area contributed by atoms with Gasteiger partial charge in [-0.25, -0.2) is 4.79 Å². The minimum atomic E-state index is -1.22. The molecule has 1 rings (SSSR count). The van der Waals surface area contributed by atoms with Crippen LogP contribution in [0.3, 0.4) is 0 Å². The molecule has 0 aliphatic heterocycles. The van der Waals surface area contributed by atoms with Crippen molar-refractivity contribution in [2.24, 2.45) is 5.92 Å². The number of aliphatic carboxylic acids is 1. The summed E-state index contributed by atoms with van der Waals surface area (Å²) in [6.45, 7) is 6.20. The van der Waals surface area contributed by atoms with E-state index in [-0.39, 0.29) is 5.92 Å². The predicted octanol–water partition coefficient (Wildman–Crippen LogP) is 3.05. The van der Waals surface area contributed by atoms with E-state index >= 15 is 0 Å². The number of hydrogen-bond acceptors (Lipinski definition) is 2. The van der Waals surface area contributed by atoms with Crippen molar-refractivity contribution < 1.29 is 14.6 Å². The molecule has 0 heterocycles. The van der Waals surface area contributed by atoms with E-state index in [1.165, 1.54) is 0 Å². The van der Waals surface area contributed by atoms with E-state index < -0.39 is 11.6 Å². The van der Waals surface area contributed by atoms with Crippen LogP contribution in [0.25, 0.3) is 0 Å². The first-order valence-electron chi connectivity index (χ1n) is 5.95. The highest BCUT2D eigenvalue weighted by Crippen LogP contribution is 2.33. The lowest BCUT2D eigenvalue weighted by atomic mass is 9.85. The van der Waals surface area contributed by atoms with Gasteiger partial charge in [-0.2, -0.15) is 0 Å². The zero-order chi connectivity index (χ0) is 12.9. The summed E-state index contributed by atoms with van der Waals surface area (Å²) in [5.41, 5.74) is -0.507. The fourth-order valence-corrected chi connectivity index (χ4v) is 2.06. The third-order valence-corrected chi connectivity index (χ3v) is 2.67. The average Bonchev–Trinajstić information content (AvgIpc) is 2.28. The first-order chi connectivity index (χ1) is 8.03. The standard InChI is InChI=1S/C14H20O3/c1-4-17-14(13(15)16,10-11(2)3)12-8-6-5-7-9-12/h5-9,11H,4,10H2,1-3H3,(H,15,16). The molecule has 0 aliphatic rings. The van der Waals surface area contributed by atoms with Crippen molar-refractivity contribution in [3.63, 3.8) is 0 Å². The van der Waals surface area contributed by atoms with Gasteiger partial charge in [-0.3, -0.25) is 0 Å². The van der Waals surface area contributed by atoms with Crippen LogP contribution in [-0.2, 0) is 15.1 Å². The highest BCUT2D eigenvalue weighted by molar-refractivity contribution is 5.79. The molecule has 0 saturated heterocycles. The molecule has 3 nitrogen and oxygen atoms in total. The molecule has 1 atom stereocenters. The monoisotopic (exact) mass is 236 g/mol. The summed E-state index contributed by atoms with van der Waals surface area (Å²) in [5, 5.41) is 9.53. The number of ether oxygens (including phenoxy) is 1. The third-order valence-electron chi connectivity index (χ3n) is 2.67. The van der Waals surface area contributed by atoms with Crippen LogP contribution in [0.15, 0.2) is 30.3 Å². The fourth-order valence-electron chi connectivity index (χ4n) is 2.06. The smallest absolute Gasteiger partial charge is 0.340 e. The molecule has 0 amide bonds. The number of hydrogen-bond donors (Lipinski definition) is 1. The molecule has 0 spiro atoms. The molecule has 0 radical (unpaired) electrons. The molecule has 1 N–H and O–H groups in total. The molecule has 3 heteroatoms. The molecule has 1 aromatic rings. The van der Waals surface area contributed by atoms with Gasteiger partial charge in [-0.05, 0) is 24.8 Å². The molecule has 0 fully saturated rings. The molecule has 1 unspecified atom stereocenters. The molecule has 94 valence electrons. The maximum atomic E-state index is 11.6. The van der Waals surface area contributed by atoms with Gasteiger partial charge in [0.25, 0.3) is 0 Å². The van der Waals surface area contributed by atoms with Gasteiger partial charge in [-0.15, -0.1) is 0 Å². The average molecular weight is 236 g/mol. The van der Waals surface area contributed by atoms with Gasteiger partial charge in [-0.1, -0.05) is 44.2 Å². The number of carboxylic acid groups (broad SMARTS) is 1. The minimum Gasteiger partial charge on any atom is -0.479 e. The lowest BCUT2D eigenvalue weighted by molar-refractivity contribution is -0.170. The second kappa shape index (κ2) is 5.82. The van der Waals surface area contributed by atoms with Crippen molar-refractivity contribution in [1.82, 2.24) is 0 Å². The Morgan fingerprint density at radius 2 is 1.94 bits per heavy atom. The minimum absolute atomic E-state index is 0.248. The Kier molecular flexibility index (Phi) is 4.70. The zero-order valence-electron chi connectivity index (χ0n) is 10.6. The maximum Gasteiger partial charge on any atom is 0.340 e. The Morgan fingerprint density at radius 1 is 1.35 bits per heavy atom. The Morgan fingerprint density at radius 3 is 2.35 bits per heavy atom. The normalized spacial score (nSPS) is 14.6. The Labute approximate surface area is 102 Å². The molecule has 0 bridgehead atoms. The predicted molar refractivity (Wildman–Crippen MR) is 66.8 cm³/mol. The van der Waals surface area contributed by atoms with E-state index in [1.807, 2.05) is 51.1 Å². The van der Waals surface area contributed by atoms with Crippen molar-refractivity contribution in [3.05, 3.63) is 35.9 Å². The second-order valence-corrected chi connectivity index (χ2v) is 4.53. The van der Waals surface area contributed by atoms with Crippen molar-refractivity contribution >= 4 is 5.97 Å². The summed E-state index contributed by atoms with van der Waals surface area (Å²) in [5.74, 6) is -0.669. The summed E-state index contributed by atoms with van der Waals surface area (Å²) in [4.78, 5) is 11.6. The van der Waals surface area contributed by atoms with E-state index in [9.17, 15) is 9.90 Å². The topological polar surface area (TPSA) is 46.5 Å². The second-order valence-electron chi connectivity index (χ2n) is 4.53. The highest BCUT2D eigenvalue weighted by Gasteiger charge is 2.41. The summed E-state index contributed by atoms with van der Waals surface area (Å²) in [7, 11) is 0. The summed E-state index contributed by atoms with van der Waals surface area (Å²) < 4.78 is 5.59. The van der Waals surface area contributed by atoms with Crippen LogP contribution in [0, 0.1) is 5.92 Å². The van der Waals surface area contributed by atoms with Crippen molar-refractivity contribution in [1.29, 1.82) is 0 Å². The molecular formula is C14H20O3. The van der Waals surface area contributed by atoms with Gasteiger partial charge >= 0.3 is 5.97 Å². The first kappa shape index (κ1) is 13.7. The Hall–Kier alpha value is -1.35. The van der Waals surface area contributed by atoms with E-state index in [0.29, 0.717) is 18.6 Å². The maximum absolute atomic E-state index is 11.6. The number of rotatable bonds is 6. The number of carboxylic acids is 1. The van der Waals surface area contributed by atoms with Gasteiger partial charge in [0.1, 0.15) is 0 Å². The largest absolute Gasteiger partial charge is 0.479 e. The molecule has 17 heavy (non-hydrogen) atoms. The molecule has 0 aliphatic carbocycles. The molecular weight excluding hydrogens is 216 g/mol. The van der Waals surface area contributed by atoms with Crippen LogP contribution in [0.5, 0.6) is 0 Å². The first-order valence-corrected chi connectivity index (χ1v) is 5.95. The van der Waals surface area contributed by atoms with E-state index in [4.69, 9.17) is 4.74 Å². The quantitative estimate of drug-likeness (QED) is 0.825. The lowest BCUT2D eigenvalue weighted by Gasteiger charge is -2.31. The molecule has 1 aromatic carbocycles. The lowest BCUT2D eigenvalue weighted by Crippen LogP contribution is -2.40. The zero-order valence-corrected chi connectivity index (χ0v) is 10.6. The SMILES string of the molecule is CCOC(CC(C)C)(C(=O)O)c1ccccc1.